The highest BCUT2D eigenvalue weighted by atomic mass is 19.4. The van der Waals surface area contributed by atoms with Crippen LogP contribution in [0.1, 0.15) is 22.3 Å². The fraction of sp³-hybridized carbons (Fsp3) is 0.111. The van der Waals surface area contributed by atoms with Crippen molar-refractivity contribution in [2.45, 2.75) is 12.4 Å². The lowest BCUT2D eigenvalue weighted by Gasteiger charge is -2.09. The summed E-state index contributed by atoms with van der Waals surface area (Å²) >= 11 is 0. The molecule has 0 bridgehead atoms. The van der Waals surface area contributed by atoms with Gasteiger partial charge in [0.1, 0.15) is 0 Å². The summed E-state index contributed by atoms with van der Waals surface area (Å²) in [5.74, 6) is 4.65. The number of benzene rings is 2. The maximum atomic E-state index is 12.8. The molecule has 0 heterocycles. The van der Waals surface area contributed by atoms with Gasteiger partial charge in [0.05, 0.1) is 11.1 Å². The molecule has 0 saturated heterocycles. The molecule has 6 heteroatoms. The molecule has 0 N–H and O–H groups in total. The highest BCUT2D eigenvalue weighted by Crippen LogP contribution is 2.33. The van der Waals surface area contributed by atoms with Gasteiger partial charge < -0.3 is 0 Å². The van der Waals surface area contributed by atoms with Crippen LogP contribution in [0.3, 0.4) is 0 Å². The summed E-state index contributed by atoms with van der Waals surface area (Å²) in [4.78, 5) is 0. The summed E-state index contributed by atoms with van der Waals surface area (Å²) in [5, 5.41) is 0. The van der Waals surface area contributed by atoms with E-state index in [0.29, 0.717) is 0 Å². The van der Waals surface area contributed by atoms with Crippen molar-refractivity contribution in [2.75, 3.05) is 0 Å². The van der Waals surface area contributed by atoms with E-state index in [1.165, 1.54) is 36.4 Å². The predicted octanol–water partition coefficient (Wildman–Crippen LogP) is 5.79. The van der Waals surface area contributed by atoms with Crippen LogP contribution in [0.15, 0.2) is 54.6 Å². The molecule has 2 aromatic rings. The van der Waals surface area contributed by atoms with Crippen LogP contribution in [0, 0.1) is 11.8 Å². The SMILES string of the molecule is FC(F)(F)c1ccccc1C#C/C=C\c1ccccc1C(F)(F)F. The van der Waals surface area contributed by atoms with Crippen molar-refractivity contribution in [3.63, 3.8) is 0 Å². The maximum absolute atomic E-state index is 12.8. The van der Waals surface area contributed by atoms with Crippen LogP contribution < -0.4 is 0 Å². The average Bonchev–Trinajstić information content (AvgIpc) is 2.50. The van der Waals surface area contributed by atoms with Gasteiger partial charge in [-0.25, -0.2) is 0 Å². The predicted molar refractivity (Wildman–Crippen MR) is 78.8 cm³/mol. The summed E-state index contributed by atoms with van der Waals surface area (Å²) in [6.07, 6.45) is -6.85. The second-order valence-corrected chi connectivity index (χ2v) is 4.73. The molecule has 0 atom stereocenters. The Morgan fingerprint density at radius 2 is 1.25 bits per heavy atom. The Morgan fingerprint density at radius 1 is 0.708 bits per heavy atom. The maximum Gasteiger partial charge on any atom is 0.417 e. The first kappa shape index (κ1) is 17.7. The van der Waals surface area contributed by atoms with Crippen LogP contribution in [0.5, 0.6) is 0 Å². The zero-order valence-corrected chi connectivity index (χ0v) is 12.0. The van der Waals surface area contributed by atoms with Crippen LogP contribution in [0.25, 0.3) is 6.08 Å². The van der Waals surface area contributed by atoms with E-state index in [4.69, 9.17) is 0 Å². The molecule has 0 nitrogen and oxygen atoms in total. The summed E-state index contributed by atoms with van der Waals surface area (Å²) in [7, 11) is 0. The molecule has 2 rings (SSSR count). The third kappa shape index (κ3) is 4.42. The van der Waals surface area contributed by atoms with Gasteiger partial charge in [-0.05, 0) is 35.9 Å². The van der Waals surface area contributed by atoms with Crippen molar-refractivity contribution in [2.24, 2.45) is 0 Å². The quantitative estimate of drug-likeness (QED) is 0.455. The second kappa shape index (κ2) is 6.83. The van der Waals surface area contributed by atoms with Crippen LogP contribution >= 0.6 is 0 Å². The molecule has 0 aromatic heterocycles. The number of alkyl halides is 6. The van der Waals surface area contributed by atoms with Gasteiger partial charge in [0.2, 0.25) is 0 Å². The number of halogens is 6. The van der Waals surface area contributed by atoms with Crippen LogP contribution in [0.4, 0.5) is 26.3 Å². The molecule has 24 heavy (non-hydrogen) atoms. The first-order valence-corrected chi connectivity index (χ1v) is 6.70. The van der Waals surface area contributed by atoms with Gasteiger partial charge in [0, 0.05) is 5.56 Å². The average molecular weight is 340 g/mol. The Hall–Kier alpha value is -2.68. The molecule has 0 fully saturated rings. The van der Waals surface area contributed by atoms with E-state index in [-0.39, 0.29) is 11.1 Å². The Kier molecular flexibility index (Phi) is 5.03. The Morgan fingerprint density at radius 3 is 1.88 bits per heavy atom. The summed E-state index contributed by atoms with van der Waals surface area (Å²) < 4.78 is 76.8. The van der Waals surface area contributed by atoms with Gasteiger partial charge in [0.15, 0.2) is 0 Å². The summed E-state index contributed by atoms with van der Waals surface area (Å²) in [6.45, 7) is 0. The van der Waals surface area contributed by atoms with Crippen molar-refractivity contribution in [1.82, 2.24) is 0 Å². The van der Waals surface area contributed by atoms with Crippen molar-refractivity contribution in [1.29, 1.82) is 0 Å². The van der Waals surface area contributed by atoms with E-state index < -0.39 is 23.5 Å². The van der Waals surface area contributed by atoms with Gasteiger partial charge in [-0.15, -0.1) is 0 Å². The van der Waals surface area contributed by atoms with E-state index in [1.54, 1.807) is 0 Å². The fourth-order valence-corrected chi connectivity index (χ4v) is 1.99. The third-order valence-electron chi connectivity index (χ3n) is 3.05. The van der Waals surface area contributed by atoms with E-state index >= 15 is 0 Å². The monoisotopic (exact) mass is 340 g/mol. The van der Waals surface area contributed by atoms with Crippen molar-refractivity contribution >= 4 is 6.08 Å². The molecule has 0 amide bonds. The van der Waals surface area contributed by atoms with E-state index in [0.717, 1.165) is 24.3 Å². The number of allylic oxidation sites excluding steroid dienone is 1. The smallest absolute Gasteiger partial charge is 0.166 e. The van der Waals surface area contributed by atoms with Crippen molar-refractivity contribution < 1.29 is 26.3 Å². The Labute approximate surface area is 134 Å². The fourth-order valence-electron chi connectivity index (χ4n) is 1.99. The second-order valence-electron chi connectivity index (χ2n) is 4.73. The molecular formula is C18H10F6. The minimum atomic E-state index is -4.54. The lowest BCUT2D eigenvalue weighted by molar-refractivity contribution is -0.138. The molecule has 0 radical (unpaired) electrons. The van der Waals surface area contributed by atoms with Crippen molar-refractivity contribution in [3.05, 3.63) is 76.9 Å². The first-order valence-electron chi connectivity index (χ1n) is 6.70. The molecule has 0 unspecified atom stereocenters. The van der Waals surface area contributed by atoms with Crippen LogP contribution in [0.2, 0.25) is 0 Å². The standard InChI is InChI=1S/C18H10F6/c19-17(20,21)15-11-5-3-9-13(15)7-1-2-8-14-10-4-6-12-16(14)18(22,23)24/h1,3-7,9-12H/b7-1-. The zero-order chi connectivity index (χ0) is 17.8. The molecular weight excluding hydrogens is 330 g/mol. The van der Waals surface area contributed by atoms with E-state index in [9.17, 15) is 26.3 Å². The molecule has 2 aromatic carbocycles. The number of hydrogen-bond donors (Lipinski definition) is 0. The van der Waals surface area contributed by atoms with Gasteiger partial charge >= 0.3 is 12.4 Å². The highest BCUT2D eigenvalue weighted by Gasteiger charge is 2.33. The first-order chi connectivity index (χ1) is 11.2. The number of rotatable bonds is 1. The largest absolute Gasteiger partial charge is 0.417 e. The molecule has 0 spiro atoms. The van der Waals surface area contributed by atoms with Crippen LogP contribution in [-0.4, -0.2) is 0 Å². The van der Waals surface area contributed by atoms with E-state index in [1.807, 2.05) is 0 Å². The van der Waals surface area contributed by atoms with Gasteiger partial charge in [-0.3, -0.25) is 0 Å². The molecule has 0 aliphatic carbocycles. The summed E-state index contributed by atoms with van der Waals surface area (Å²) in [5.41, 5.74) is -2.07. The highest BCUT2D eigenvalue weighted by molar-refractivity contribution is 5.58. The summed E-state index contributed by atoms with van der Waals surface area (Å²) in [6, 6.07) is 9.61. The number of hydrogen-bond acceptors (Lipinski definition) is 0. The zero-order valence-electron chi connectivity index (χ0n) is 12.0. The Balaban J connectivity index is 2.29. The minimum Gasteiger partial charge on any atom is -0.166 e. The van der Waals surface area contributed by atoms with E-state index in [2.05, 4.69) is 11.8 Å². The van der Waals surface area contributed by atoms with Gasteiger partial charge in [0.25, 0.3) is 0 Å². The molecule has 124 valence electrons. The van der Waals surface area contributed by atoms with Gasteiger partial charge in [-0.1, -0.05) is 42.2 Å². The topological polar surface area (TPSA) is 0 Å². The molecule has 0 aliphatic heterocycles. The normalized spacial score (nSPS) is 12.1. The van der Waals surface area contributed by atoms with Crippen LogP contribution in [-0.2, 0) is 12.4 Å². The van der Waals surface area contributed by atoms with Crippen molar-refractivity contribution in [3.8, 4) is 11.8 Å². The Bertz CT molecular complexity index is 800. The molecule has 0 aliphatic rings. The van der Waals surface area contributed by atoms with Gasteiger partial charge in [-0.2, -0.15) is 26.3 Å². The lowest BCUT2D eigenvalue weighted by atomic mass is 10.1. The lowest BCUT2D eigenvalue weighted by Crippen LogP contribution is -2.07. The molecule has 0 saturated carbocycles. The minimum absolute atomic E-state index is 0.108. The third-order valence-corrected chi connectivity index (χ3v) is 3.05.